The molecule has 3 aromatic rings. The lowest BCUT2D eigenvalue weighted by atomic mass is 9.50. The Morgan fingerprint density at radius 3 is 2.66 bits per heavy atom. The molecule has 5 aliphatic rings. The van der Waals surface area contributed by atoms with Crippen molar-refractivity contribution in [1.82, 2.24) is 24.6 Å². The van der Waals surface area contributed by atoms with Crippen LogP contribution >= 0.6 is 11.6 Å². The zero-order valence-electron chi connectivity index (χ0n) is 20.0. The van der Waals surface area contributed by atoms with E-state index >= 15 is 0 Å². The Morgan fingerprint density at radius 1 is 1.17 bits per heavy atom. The summed E-state index contributed by atoms with van der Waals surface area (Å²) in [7, 11) is 0. The molecule has 0 radical (unpaired) electrons. The van der Waals surface area contributed by atoms with Gasteiger partial charge in [0.1, 0.15) is 0 Å². The summed E-state index contributed by atoms with van der Waals surface area (Å²) in [5.41, 5.74) is 2.94. The van der Waals surface area contributed by atoms with Crippen LogP contribution in [0.25, 0.3) is 10.9 Å². The first-order valence-electron chi connectivity index (χ1n) is 12.7. The van der Waals surface area contributed by atoms with Crippen LogP contribution in [0.4, 0.5) is 11.6 Å². The Kier molecular flexibility index (Phi) is 4.94. The van der Waals surface area contributed by atoms with E-state index in [-0.39, 0.29) is 11.1 Å². The van der Waals surface area contributed by atoms with Crippen molar-refractivity contribution in [3.05, 3.63) is 41.3 Å². The second-order valence-electron chi connectivity index (χ2n) is 11.3. The number of aliphatic hydroxyl groups is 1. The number of halogens is 1. The molecule has 8 rings (SSSR count). The average molecular weight is 495 g/mol. The smallest absolute Gasteiger partial charge is 0.227 e. The van der Waals surface area contributed by atoms with Gasteiger partial charge in [0, 0.05) is 22.8 Å². The van der Waals surface area contributed by atoms with Gasteiger partial charge in [0.2, 0.25) is 5.95 Å². The lowest BCUT2D eigenvalue weighted by Gasteiger charge is -2.61. The van der Waals surface area contributed by atoms with Gasteiger partial charge in [0.15, 0.2) is 0 Å². The summed E-state index contributed by atoms with van der Waals surface area (Å²) in [6.45, 7) is 4.95. The number of fused-ring (bicyclic) bond motifs is 1. The normalized spacial score (nSPS) is 33.0. The van der Waals surface area contributed by atoms with Gasteiger partial charge in [-0.15, -0.1) is 0 Å². The van der Waals surface area contributed by atoms with Crippen LogP contribution in [0.1, 0.15) is 50.5 Å². The summed E-state index contributed by atoms with van der Waals surface area (Å²) in [6, 6.07) is 4.12. The fourth-order valence-corrected chi connectivity index (χ4v) is 6.91. The number of rotatable bonds is 5. The average Bonchev–Trinajstić information content (AvgIpc) is 3.38. The van der Waals surface area contributed by atoms with E-state index < -0.39 is 6.10 Å². The highest BCUT2D eigenvalue weighted by Crippen LogP contribution is 2.62. The van der Waals surface area contributed by atoms with E-state index in [1.807, 2.05) is 18.5 Å². The van der Waals surface area contributed by atoms with E-state index in [0.29, 0.717) is 25.1 Å². The second-order valence-corrected chi connectivity index (χ2v) is 11.7. The molecule has 0 amide bonds. The van der Waals surface area contributed by atoms with Crippen molar-refractivity contribution in [3.8, 4) is 0 Å². The minimum absolute atomic E-state index is 0.274. The maximum absolute atomic E-state index is 10.4. The summed E-state index contributed by atoms with van der Waals surface area (Å²) in [5.74, 6) is 1.85. The summed E-state index contributed by atoms with van der Waals surface area (Å²) >= 11 is 6.73. The molecule has 2 atom stereocenters. The van der Waals surface area contributed by atoms with Crippen molar-refractivity contribution in [2.45, 2.75) is 62.1 Å². The quantitative estimate of drug-likeness (QED) is 0.553. The van der Waals surface area contributed by atoms with Gasteiger partial charge in [-0.3, -0.25) is 9.58 Å². The molecule has 0 unspecified atom stereocenters. The third-order valence-corrected chi connectivity index (χ3v) is 9.40. The van der Waals surface area contributed by atoms with Gasteiger partial charge in [-0.05, 0) is 81.6 Å². The summed E-state index contributed by atoms with van der Waals surface area (Å²) in [5, 5.41) is 20.1. The highest BCUT2D eigenvalue weighted by Gasteiger charge is 2.58. The predicted octanol–water partition coefficient (Wildman–Crippen LogP) is 4.06. The van der Waals surface area contributed by atoms with Crippen LogP contribution < -0.4 is 5.32 Å². The Labute approximate surface area is 209 Å². The molecule has 2 aromatic heterocycles. The van der Waals surface area contributed by atoms with Crippen LogP contribution in [0.5, 0.6) is 0 Å². The van der Waals surface area contributed by atoms with Crippen molar-refractivity contribution in [2.24, 2.45) is 5.92 Å². The maximum Gasteiger partial charge on any atom is 0.227 e. The first kappa shape index (κ1) is 22.0. The SMILES string of the molecule is C[C@]1(N2CCC(c3cc4nc(Nc5cnn(C67CC(C6)C7)c5)ncc4cc3Cl)CC2)COC[C@H]1O. The van der Waals surface area contributed by atoms with E-state index in [1.54, 1.807) is 0 Å². The van der Waals surface area contributed by atoms with Crippen LogP contribution in [0.3, 0.4) is 0 Å². The molecule has 3 saturated carbocycles. The predicted molar refractivity (Wildman–Crippen MR) is 134 cm³/mol. The van der Waals surface area contributed by atoms with Crippen molar-refractivity contribution in [1.29, 1.82) is 0 Å². The molecule has 184 valence electrons. The van der Waals surface area contributed by atoms with E-state index in [2.05, 4.69) is 44.2 Å². The lowest BCUT2D eigenvalue weighted by molar-refractivity contribution is -0.0977. The van der Waals surface area contributed by atoms with E-state index in [1.165, 1.54) is 19.3 Å². The Hall–Kier alpha value is -2.26. The number of anilines is 2. The largest absolute Gasteiger partial charge is 0.389 e. The molecule has 2 aliphatic heterocycles. The van der Waals surface area contributed by atoms with E-state index in [9.17, 15) is 5.11 Å². The number of piperidine rings is 1. The maximum atomic E-state index is 10.4. The molecule has 2 N–H and O–H groups in total. The summed E-state index contributed by atoms with van der Waals surface area (Å²) in [4.78, 5) is 11.7. The molecule has 2 bridgehead atoms. The third-order valence-electron chi connectivity index (χ3n) is 9.07. The number of benzene rings is 1. The van der Waals surface area contributed by atoms with Gasteiger partial charge in [-0.25, -0.2) is 9.97 Å². The zero-order valence-corrected chi connectivity index (χ0v) is 20.7. The molecular formula is C26H31ClN6O2. The minimum atomic E-state index is -0.433. The standard InChI is InChI=1S/C26H31ClN6O2/c1-25(15-35-14-23(25)34)32-4-2-17(3-5-32)20-7-22-18(6-21(20)27)11-28-24(31-22)30-19-12-29-33(13-19)26-8-16(9-26)10-26/h6-7,11-13,16-17,23,34H,2-5,8-10,14-15H2,1H3,(H,28,30,31)/t16?,23-,25+,26?/m1/s1. The molecule has 0 spiro atoms. The van der Waals surface area contributed by atoms with Crippen molar-refractivity contribution in [3.63, 3.8) is 0 Å². The first-order chi connectivity index (χ1) is 16.9. The number of aromatic nitrogens is 4. The van der Waals surface area contributed by atoms with Gasteiger partial charge in [-0.2, -0.15) is 5.10 Å². The van der Waals surface area contributed by atoms with Crippen LogP contribution in [0.2, 0.25) is 5.02 Å². The van der Waals surface area contributed by atoms with Gasteiger partial charge < -0.3 is 15.2 Å². The summed E-state index contributed by atoms with van der Waals surface area (Å²) < 4.78 is 7.67. The van der Waals surface area contributed by atoms with E-state index in [4.69, 9.17) is 21.3 Å². The highest BCUT2D eigenvalue weighted by molar-refractivity contribution is 6.32. The molecular weight excluding hydrogens is 464 g/mol. The van der Waals surface area contributed by atoms with Crippen molar-refractivity contribution >= 4 is 34.1 Å². The van der Waals surface area contributed by atoms with Gasteiger partial charge >= 0.3 is 0 Å². The van der Waals surface area contributed by atoms with Gasteiger partial charge in [-0.1, -0.05) is 11.6 Å². The third kappa shape index (κ3) is 3.49. The topological polar surface area (TPSA) is 88.3 Å². The highest BCUT2D eigenvalue weighted by atomic mass is 35.5. The number of nitrogens with zero attached hydrogens (tertiary/aromatic N) is 5. The van der Waals surface area contributed by atoms with Crippen molar-refractivity contribution in [2.75, 3.05) is 31.6 Å². The molecule has 5 fully saturated rings. The number of hydrogen-bond acceptors (Lipinski definition) is 7. The number of aliphatic hydroxyl groups excluding tert-OH is 1. The second kappa shape index (κ2) is 7.87. The Balaban J connectivity index is 1.08. The monoisotopic (exact) mass is 494 g/mol. The Bertz CT molecular complexity index is 1270. The zero-order chi connectivity index (χ0) is 23.8. The summed E-state index contributed by atoms with van der Waals surface area (Å²) in [6.07, 6.45) is 11.1. The number of ether oxygens (including phenoxy) is 1. The van der Waals surface area contributed by atoms with Crippen LogP contribution in [0, 0.1) is 5.92 Å². The molecule has 1 aromatic carbocycles. The Morgan fingerprint density at radius 2 is 1.97 bits per heavy atom. The molecule has 2 saturated heterocycles. The first-order valence-corrected chi connectivity index (χ1v) is 13.1. The molecule has 9 heteroatoms. The van der Waals surface area contributed by atoms with Crippen LogP contribution in [-0.2, 0) is 10.3 Å². The van der Waals surface area contributed by atoms with Crippen LogP contribution in [0.15, 0.2) is 30.7 Å². The number of likely N-dealkylation sites (tertiary alicyclic amines) is 1. The molecule has 3 aliphatic carbocycles. The molecule has 35 heavy (non-hydrogen) atoms. The number of hydrogen-bond donors (Lipinski definition) is 2. The lowest BCUT2D eigenvalue weighted by Crippen LogP contribution is -2.59. The van der Waals surface area contributed by atoms with E-state index in [0.717, 1.165) is 59.0 Å². The fraction of sp³-hybridized carbons (Fsp3) is 0.577. The fourth-order valence-electron chi connectivity index (χ4n) is 6.59. The van der Waals surface area contributed by atoms with Gasteiger partial charge in [0.05, 0.1) is 47.8 Å². The molecule has 8 nitrogen and oxygen atoms in total. The van der Waals surface area contributed by atoms with Crippen molar-refractivity contribution < 1.29 is 9.84 Å². The molecule has 4 heterocycles. The van der Waals surface area contributed by atoms with Crippen LogP contribution in [-0.4, -0.2) is 67.7 Å². The minimum Gasteiger partial charge on any atom is -0.389 e. The van der Waals surface area contributed by atoms with Gasteiger partial charge in [0.25, 0.3) is 0 Å². The number of nitrogens with one attached hydrogen (secondary N) is 1.